The van der Waals surface area contributed by atoms with Crippen LogP contribution in [0, 0.1) is 0 Å². The Kier molecular flexibility index (Phi) is 6.34. The zero-order valence-corrected chi connectivity index (χ0v) is 17.1. The summed E-state index contributed by atoms with van der Waals surface area (Å²) in [6.07, 6.45) is 4.07. The predicted molar refractivity (Wildman–Crippen MR) is 115 cm³/mol. The summed E-state index contributed by atoms with van der Waals surface area (Å²) in [6.45, 7) is 6.70. The molecule has 0 aliphatic carbocycles. The molecule has 3 rings (SSSR count). The molecule has 0 spiro atoms. The highest BCUT2D eigenvalue weighted by Crippen LogP contribution is 2.20. The van der Waals surface area contributed by atoms with Gasteiger partial charge in [-0.1, -0.05) is 30.3 Å². The third-order valence-electron chi connectivity index (χ3n) is 4.21. The number of carbonyl (C=O) groups is 1. The Balaban J connectivity index is 1.53. The Hall–Kier alpha value is -3.12. The number of amides is 1. The van der Waals surface area contributed by atoms with E-state index in [9.17, 15) is 4.79 Å². The smallest absolute Gasteiger partial charge is 0.241 e. The second-order valence-corrected chi connectivity index (χ2v) is 8.06. The number of nitrogens with one attached hydrogen (secondary N) is 1. The van der Waals surface area contributed by atoms with E-state index >= 15 is 0 Å². The summed E-state index contributed by atoms with van der Waals surface area (Å²) < 4.78 is 7.77. The van der Waals surface area contributed by atoms with Crippen LogP contribution in [0.1, 0.15) is 32.0 Å². The summed E-state index contributed by atoms with van der Waals surface area (Å²) in [5, 5.41) is 2.84. The Bertz CT molecular complexity index is 928. The van der Waals surface area contributed by atoms with Crippen molar-refractivity contribution in [2.24, 2.45) is 5.73 Å². The molecule has 6 nitrogen and oxygen atoms in total. The van der Waals surface area contributed by atoms with Gasteiger partial charge < -0.3 is 20.4 Å². The molecule has 0 saturated heterocycles. The SMILES string of the molecule is CC(C)(C)Oc1ccc(NC(=O)[C@@H](N)Cc2cn(Cc3ccccc3)cn2)cc1. The normalized spacial score (nSPS) is 12.4. The van der Waals surface area contributed by atoms with Gasteiger partial charge in [0.05, 0.1) is 18.1 Å². The number of benzene rings is 2. The maximum Gasteiger partial charge on any atom is 0.241 e. The lowest BCUT2D eigenvalue weighted by Gasteiger charge is -2.21. The highest BCUT2D eigenvalue weighted by Gasteiger charge is 2.16. The van der Waals surface area contributed by atoms with Crippen LogP contribution in [0.25, 0.3) is 0 Å². The van der Waals surface area contributed by atoms with Crippen molar-refractivity contribution in [3.8, 4) is 5.75 Å². The van der Waals surface area contributed by atoms with E-state index in [4.69, 9.17) is 10.5 Å². The number of carbonyl (C=O) groups excluding carboxylic acids is 1. The summed E-state index contributed by atoms with van der Waals surface area (Å²) in [5.41, 5.74) is 8.48. The van der Waals surface area contributed by atoms with E-state index in [-0.39, 0.29) is 11.5 Å². The molecule has 3 N–H and O–H groups in total. The van der Waals surface area contributed by atoms with Crippen molar-refractivity contribution in [3.05, 3.63) is 78.4 Å². The molecule has 1 heterocycles. The Labute approximate surface area is 171 Å². The molecular formula is C23H28N4O2. The van der Waals surface area contributed by atoms with Gasteiger partial charge >= 0.3 is 0 Å². The summed E-state index contributed by atoms with van der Waals surface area (Å²) in [6, 6.07) is 16.7. The topological polar surface area (TPSA) is 82.2 Å². The highest BCUT2D eigenvalue weighted by atomic mass is 16.5. The van der Waals surface area contributed by atoms with E-state index in [1.807, 2.05) is 61.9 Å². The number of hydrogen-bond acceptors (Lipinski definition) is 4. The zero-order valence-electron chi connectivity index (χ0n) is 17.1. The van der Waals surface area contributed by atoms with Gasteiger partial charge in [0.15, 0.2) is 0 Å². The standard InChI is InChI=1S/C23H28N4O2/c1-23(2,3)29-20-11-9-18(10-12-20)26-22(28)21(24)13-19-15-27(16-25-19)14-17-7-5-4-6-8-17/h4-12,15-16,21H,13-14,24H2,1-3H3,(H,26,28)/t21-/m0/s1. The first-order valence-electron chi connectivity index (χ1n) is 9.68. The molecule has 2 aromatic carbocycles. The van der Waals surface area contributed by atoms with Crippen LogP contribution in [0.3, 0.4) is 0 Å². The van der Waals surface area contributed by atoms with Crippen LogP contribution in [0.5, 0.6) is 5.75 Å². The number of nitrogens with zero attached hydrogens (tertiary/aromatic N) is 2. The van der Waals surface area contributed by atoms with E-state index in [0.717, 1.165) is 18.0 Å². The third-order valence-corrected chi connectivity index (χ3v) is 4.21. The molecule has 1 aromatic heterocycles. The van der Waals surface area contributed by atoms with Gasteiger partial charge in [-0.05, 0) is 50.6 Å². The molecule has 29 heavy (non-hydrogen) atoms. The van der Waals surface area contributed by atoms with Gasteiger partial charge in [-0.2, -0.15) is 0 Å². The molecule has 0 aliphatic rings. The zero-order chi connectivity index (χ0) is 20.9. The molecule has 1 amide bonds. The lowest BCUT2D eigenvalue weighted by Crippen LogP contribution is -2.37. The van der Waals surface area contributed by atoms with Gasteiger partial charge in [0, 0.05) is 24.8 Å². The fourth-order valence-corrected chi connectivity index (χ4v) is 2.91. The average molecular weight is 393 g/mol. The second-order valence-electron chi connectivity index (χ2n) is 8.06. The highest BCUT2D eigenvalue weighted by molar-refractivity contribution is 5.94. The van der Waals surface area contributed by atoms with Crippen LogP contribution in [-0.4, -0.2) is 27.1 Å². The molecule has 3 aromatic rings. The number of imidazole rings is 1. The fourth-order valence-electron chi connectivity index (χ4n) is 2.91. The van der Waals surface area contributed by atoms with Crippen LogP contribution in [0.4, 0.5) is 5.69 Å². The van der Waals surface area contributed by atoms with Crippen LogP contribution in [0.2, 0.25) is 0 Å². The molecule has 1 atom stereocenters. The summed E-state index contributed by atoms with van der Waals surface area (Å²) in [7, 11) is 0. The van der Waals surface area contributed by atoms with Crippen molar-refractivity contribution >= 4 is 11.6 Å². The number of nitrogens with two attached hydrogens (primary N) is 1. The largest absolute Gasteiger partial charge is 0.488 e. The third kappa shape index (κ3) is 6.47. The maximum atomic E-state index is 12.4. The van der Waals surface area contributed by atoms with Gasteiger partial charge in [-0.15, -0.1) is 0 Å². The molecule has 6 heteroatoms. The van der Waals surface area contributed by atoms with Crippen molar-refractivity contribution in [2.45, 2.75) is 45.4 Å². The number of aromatic nitrogens is 2. The Morgan fingerprint density at radius 1 is 1.14 bits per heavy atom. The molecule has 0 fully saturated rings. The van der Waals surface area contributed by atoms with E-state index in [1.165, 1.54) is 5.56 Å². The quantitative estimate of drug-likeness (QED) is 0.643. The molecule has 0 radical (unpaired) electrons. The fraction of sp³-hybridized carbons (Fsp3) is 0.304. The molecule has 152 valence electrons. The van der Waals surface area contributed by atoms with Crippen LogP contribution in [0.15, 0.2) is 67.1 Å². The van der Waals surface area contributed by atoms with Crippen LogP contribution in [-0.2, 0) is 17.8 Å². The maximum absolute atomic E-state index is 12.4. The summed E-state index contributed by atoms with van der Waals surface area (Å²) in [5.74, 6) is 0.510. The first-order valence-corrected chi connectivity index (χ1v) is 9.68. The Morgan fingerprint density at radius 2 is 1.83 bits per heavy atom. The minimum Gasteiger partial charge on any atom is -0.488 e. The number of ether oxygens (including phenoxy) is 1. The van der Waals surface area contributed by atoms with Crippen molar-refractivity contribution < 1.29 is 9.53 Å². The minimum absolute atomic E-state index is 0.243. The lowest BCUT2D eigenvalue weighted by molar-refractivity contribution is -0.117. The van der Waals surface area contributed by atoms with E-state index in [0.29, 0.717) is 12.1 Å². The minimum atomic E-state index is -0.680. The first kappa shape index (κ1) is 20.6. The van der Waals surface area contributed by atoms with Gasteiger partial charge in [0.1, 0.15) is 11.4 Å². The molecular weight excluding hydrogens is 364 g/mol. The van der Waals surface area contributed by atoms with Gasteiger partial charge in [-0.3, -0.25) is 4.79 Å². The average Bonchev–Trinajstić information content (AvgIpc) is 3.09. The van der Waals surface area contributed by atoms with E-state index < -0.39 is 6.04 Å². The van der Waals surface area contributed by atoms with E-state index in [1.54, 1.807) is 18.5 Å². The molecule has 0 unspecified atom stereocenters. The first-order chi connectivity index (χ1) is 13.8. The van der Waals surface area contributed by atoms with Gasteiger partial charge in [0.25, 0.3) is 0 Å². The van der Waals surface area contributed by atoms with Crippen molar-refractivity contribution in [2.75, 3.05) is 5.32 Å². The lowest BCUT2D eigenvalue weighted by atomic mass is 10.1. The van der Waals surface area contributed by atoms with Crippen molar-refractivity contribution in [1.82, 2.24) is 9.55 Å². The predicted octanol–water partition coefficient (Wildman–Crippen LogP) is 3.62. The number of hydrogen-bond donors (Lipinski definition) is 2. The van der Waals surface area contributed by atoms with Crippen LogP contribution < -0.4 is 15.8 Å². The van der Waals surface area contributed by atoms with Crippen LogP contribution >= 0.6 is 0 Å². The van der Waals surface area contributed by atoms with Crippen molar-refractivity contribution in [1.29, 1.82) is 0 Å². The Morgan fingerprint density at radius 3 is 2.48 bits per heavy atom. The molecule has 0 bridgehead atoms. The molecule has 0 aliphatic heterocycles. The molecule has 0 saturated carbocycles. The van der Waals surface area contributed by atoms with Crippen molar-refractivity contribution in [3.63, 3.8) is 0 Å². The van der Waals surface area contributed by atoms with Gasteiger partial charge in [0.2, 0.25) is 5.91 Å². The second kappa shape index (κ2) is 8.92. The summed E-state index contributed by atoms with van der Waals surface area (Å²) >= 11 is 0. The number of anilines is 1. The van der Waals surface area contributed by atoms with Gasteiger partial charge in [-0.25, -0.2) is 4.98 Å². The number of rotatable bonds is 7. The van der Waals surface area contributed by atoms with E-state index in [2.05, 4.69) is 22.4 Å². The monoisotopic (exact) mass is 392 g/mol. The summed E-state index contributed by atoms with van der Waals surface area (Å²) in [4.78, 5) is 16.8.